The molecule has 0 aromatic heterocycles. The number of ether oxygens (including phenoxy) is 1. The fraction of sp³-hybridized carbons (Fsp3) is 0.269. The Morgan fingerprint density at radius 1 is 1.03 bits per heavy atom. The summed E-state index contributed by atoms with van der Waals surface area (Å²) < 4.78 is 5.93. The van der Waals surface area contributed by atoms with Crippen LogP contribution in [0.4, 0.5) is 11.4 Å². The van der Waals surface area contributed by atoms with Crippen LogP contribution in [0.3, 0.4) is 0 Å². The number of anilines is 2. The molecular weight excluding hydrogens is 424 g/mol. The minimum absolute atomic E-state index is 0.139. The van der Waals surface area contributed by atoms with Gasteiger partial charge < -0.3 is 15.2 Å². The topological polar surface area (TPSA) is 61.8 Å². The fourth-order valence-corrected chi connectivity index (χ4v) is 4.11. The van der Waals surface area contributed by atoms with Crippen molar-refractivity contribution in [2.75, 3.05) is 18.1 Å². The number of hydrogen-bond acceptors (Lipinski definition) is 4. The highest BCUT2D eigenvalue weighted by Gasteiger charge is 2.20. The molecule has 4 rings (SSSR count). The lowest BCUT2D eigenvalue weighted by atomic mass is 10.0. The van der Waals surface area contributed by atoms with Crippen molar-refractivity contribution in [1.29, 1.82) is 0 Å². The van der Waals surface area contributed by atoms with Crippen LogP contribution in [0, 0.1) is 0 Å². The zero-order chi connectivity index (χ0) is 22.3. The maximum absolute atomic E-state index is 13.4. The summed E-state index contributed by atoms with van der Waals surface area (Å²) in [5, 5.41) is 13.7. The molecule has 5 nitrogen and oxygen atoms in total. The van der Waals surface area contributed by atoms with Gasteiger partial charge in [0.25, 0.3) is 5.91 Å². The molecular formula is C26H27ClN2O3. The van der Waals surface area contributed by atoms with Crippen molar-refractivity contribution in [3.8, 4) is 11.5 Å². The molecule has 6 heteroatoms. The lowest BCUT2D eigenvalue weighted by molar-refractivity contribution is 0.0999. The molecule has 1 unspecified atom stereocenters. The van der Waals surface area contributed by atoms with E-state index in [4.69, 9.17) is 16.3 Å². The quantitative estimate of drug-likeness (QED) is 0.468. The third kappa shape index (κ3) is 5.61. The molecule has 2 N–H and O–H groups in total. The van der Waals surface area contributed by atoms with Gasteiger partial charge in [0.15, 0.2) is 0 Å². The summed E-state index contributed by atoms with van der Waals surface area (Å²) in [7, 11) is 0. The molecule has 0 spiro atoms. The maximum atomic E-state index is 13.4. The van der Waals surface area contributed by atoms with E-state index in [1.165, 1.54) is 19.3 Å². The Morgan fingerprint density at radius 2 is 1.75 bits per heavy atom. The molecule has 0 saturated carbocycles. The molecule has 1 fully saturated rings. The minimum atomic E-state index is -0.213. The van der Waals surface area contributed by atoms with E-state index in [1.807, 2.05) is 24.3 Å². The second-order valence-corrected chi connectivity index (χ2v) is 8.38. The van der Waals surface area contributed by atoms with Gasteiger partial charge >= 0.3 is 0 Å². The van der Waals surface area contributed by atoms with Gasteiger partial charge in [0.1, 0.15) is 11.5 Å². The average molecular weight is 451 g/mol. The van der Waals surface area contributed by atoms with Gasteiger partial charge in [0.05, 0.1) is 6.61 Å². The summed E-state index contributed by atoms with van der Waals surface area (Å²) in [6, 6.07) is 21.4. The van der Waals surface area contributed by atoms with Gasteiger partial charge in [-0.3, -0.25) is 9.69 Å². The number of amides is 1. The Morgan fingerprint density at radius 3 is 2.41 bits per heavy atom. The van der Waals surface area contributed by atoms with Gasteiger partial charge in [-0.1, -0.05) is 24.1 Å². The van der Waals surface area contributed by atoms with Crippen LogP contribution in [0.25, 0.3) is 0 Å². The zero-order valence-electron chi connectivity index (χ0n) is 17.8. The van der Waals surface area contributed by atoms with Crippen molar-refractivity contribution in [1.82, 2.24) is 5.32 Å². The summed E-state index contributed by atoms with van der Waals surface area (Å²) in [6.07, 6.45) is 4.72. The molecule has 0 radical (unpaired) electrons. The van der Waals surface area contributed by atoms with Gasteiger partial charge in [0, 0.05) is 28.0 Å². The molecule has 1 heterocycles. The number of nitrogens with one attached hydrogen (secondary N) is 1. The van der Waals surface area contributed by atoms with Crippen LogP contribution in [-0.2, 0) is 0 Å². The Balaban J connectivity index is 1.51. The van der Waals surface area contributed by atoms with Crippen molar-refractivity contribution in [3.63, 3.8) is 0 Å². The molecule has 1 atom stereocenters. The lowest BCUT2D eigenvalue weighted by Gasteiger charge is -2.24. The molecule has 1 aliphatic rings. The Labute approximate surface area is 193 Å². The molecule has 0 bridgehead atoms. The van der Waals surface area contributed by atoms with E-state index in [-0.39, 0.29) is 11.7 Å². The van der Waals surface area contributed by atoms with E-state index in [0.29, 0.717) is 34.6 Å². The van der Waals surface area contributed by atoms with Crippen molar-refractivity contribution in [2.24, 2.45) is 0 Å². The number of aromatic hydroxyl groups is 1. The van der Waals surface area contributed by atoms with E-state index in [1.54, 1.807) is 53.4 Å². The number of hydrogen-bond donors (Lipinski definition) is 2. The predicted octanol–water partition coefficient (Wildman–Crippen LogP) is 5.94. The lowest BCUT2D eigenvalue weighted by Crippen LogP contribution is -2.35. The van der Waals surface area contributed by atoms with Crippen LogP contribution in [0.1, 0.15) is 36.0 Å². The minimum Gasteiger partial charge on any atom is -0.508 e. The molecule has 166 valence electrons. The first-order chi connectivity index (χ1) is 15.6. The van der Waals surface area contributed by atoms with E-state index in [0.717, 1.165) is 18.7 Å². The van der Waals surface area contributed by atoms with Crippen LogP contribution >= 0.6 is 11.6 Å². The molecule has 1 aliphatic heterocycles. The zero-order valence-corrected chi connectivity index (χ0v) is 18.6. The third-order valence-corrected chi connectivity index (χ3v) is 5.86. The summed E-state index contributed by atoms with van der Waals surface area (Å²) in [5.41, 5.74) is 1.82. The van der Waals surface area contributed by atoms with Gasteiger partial charge in [-0.05, 0) is 92.5 Å². The van der Waals surface area contributed by atoms with Crippen molar-refractivity contribution in [2.45, 2.75) is 31.7 Å². The highest BCUT2D eigenvalue weighted by molar-refractivity contribution is 6.31. The maximum Gasteiger partial charge on any atom is 0.262 e. The van der Waals surface area contributed by atoms with E-state index in [2.05, 4.69) is 5.32 Å². The molecule has 1 amide bonds. The molecule has 32 heavy (non-hydrogen) atoms. The molecule has 1 saturated heterocycles. The normalized spacial score (nSPS) is 15.8. The van der Waals surface area contributed by atoms with Crippen LogP contribution < -0.4 is 15.0 Å². The number of rotatable bonds is 7. The Hall–Kier alpha value is -3.02. The first-order valence-corrected chi connectivity index (χ1v) is 11.3. The van der Waals surface area contributed by atoms with Gasteiger partial charge in [-0.2, -0.15) is 0 Å². The van der Waals surface area contributed by atoms with Gasteiger partial charge in [0.2, 0.25) is 0 Å². The second kappa shape index (κ2) is 10.5. The largest absolute Gasteiger partial charge is 0.508 e. The number of nitrogens with zero attached hydrogens (tertiary/aromatic N) is 1. The number of phenols is 1. The fourth-order valence-electron chi connectivity index (χ4n) is 3.92. The van der Waals surface area contributed by atoms with Crippen LogP contribution in [0.15, 0.2) is 72.8 Å². The number of benzene rings is 3. The summed E-state index contributed by atoms with van der Waals surface area (Å²) >= 11 is 6.11. The molecule has 3 aromatic rings. The van der Waals surface area contributed by atoms with Crippen molar-refractivity contribution >= 4 is 28.9 Å². The Bertz CT molecular complexity index is 1030. The van der Waals surface area contributed by atoms with E-state index < -0.39 is 0 Å². The summed E-state index contributed by atoms with van der Waals surface area (Å²) in [6.45, 7) is 1.74. The smallest absolute Gasteiger partial charge is 0.262 e. The van der Waals surface area contributed by atoms with Gasteiger partial charge in [-0.25, -0.2) is 0 Å². The summed E-state index contributed by atoms with van der Waals surface area (Å²) in [4.78, 5) is 15.0. The number of piperidine rings is 1. The highest BCUT2D eigenvalue weighted by Crippen LogP contribution is 2.31. The first kappa shape index (κ1) is 22.2. The number of carbonyl (C=O) groups is 1. The monoisotopic (exact) mass is 450 g/mol. The predicted molar refractivity (Wildman–Crippen MR) is 128 cm³/mol. The summed E-state index contributed by atoms with van der Waals surface area (Å²) in [5.74, 6) is 0.695. The van der Waals surface area contributed by atoms with Crippen LogP contribution in [0.5, 0.6) is 11.5 Å². The molecule has 3 aromatic carbocycles. The standard InChI is InChI=1S/C26H27ClN2O3/c27-20-5-3-4-19(18-20)26(31)29(22-7-11-24(30)12-8-22)23-9-13-25(14-10-23)32-17-15-21-6-1-2-16-28-21/h3-5,7-14,18,21,28,30H,1-2,6,15-17H2. The number of phenolic OH excluding ortho intramolecular Hbond substituents is 1. The highest BCUT2D eigenvalue weighted by atomic mass is 35.5. The number of carbonyl (C=O) groups excluding carboxylic acids is 1. The van der Waals surface area contributed by atoms with E-state index >= 15 is 0 Å². The third-order valence-electron chi connectivity index (χ3n) is 5.62. The van der Waals surface area contributed by atoms with Crippen LogP contribution in [-0.4, -0.2) is 30.2 Å². The van der Waals surface area contributed by atoms with E-state index in [9.17, 15) is 9.90 Å². The van der Waals surface area contributed by atoms with Gasteiger partial charge in [-0.15, -0.1) is 0 Å². The number of halogens is 1. The Kier molecular flexibility index (Phi) is 7.30. The second-order valence-electron chi connectivity index (χ2n) is 7.95. The SMILES string of the molecule is O=C(c1cccc(Cl)c1)N(c1ccc(O)cc1)c1ccc(OCCC2CCCCN2)cc1. The molecule has 0 aliphatic carbocycles. The average Bonchev–Trinajstić information content (AvgIpc) is 2.82. The van der Waals surface area contributed by atoms with Crippen molar-refractivity contribution in [3.05, 3.63) is 83.4 Å². The van der Waals surface area contributed by atoms with Crippen molar-refractivity contribution < 1.29 is 14.6 Å². The first-order valence-electron chi connectivity index (χ1n) is 11.0. The van der Waals surface area contributed by atoms with Crippen LogP contribution in [0.2, 0.25) is 5.02 Å².